The fourth-order valence-electron chi connectivity index (χ4n) is 2.82. The molecule has 1 N–H and O–H groups in total. The van der Waals surface area contributed by atoms with E-state index in [1.807, 2.05) is 37.3 Å². The average Bonchev–Trinajstić information content (AvgIpc) is 3.29. The Hall–Kier alpha value is -2.52. The van der Waals surface area contributed by atoms with Gasteiger partial charge in [-0.1, -0.05) is 30.0 Å². The molecule has 9 heteroatoms. The van der Waals surface area contributed by atoms with Gasteiger partial charge in [0.15, 0.2) is 5.16 Å². The van der Waals surface area contributed by atoms with E-state index >= 15 is 0 Å². The van der Waals surface area contributed by atoms with E-state index < -0.39 is 0 Å². The summed E-state index contributed by atoms with van der Waals surface area (Å²) in [5, 5.41) is 7.96. The van der Waals surface area contributed by atoms with Crippen LogP contribution in [-0.2, 0) is 16.1 Å². The van der Waals surface area contributed by atoms with Crippen molar-refractivity contribution in [2.24, 2.45) is 0 Å². The topological polar surface area (TPSA) is 93.4 Å². The van der Waals surface area contributed by atoms with Gasteiger partial charge in [0, 0.05) is 32.7 Å². The SMILES string of the molecule is COCCCn1c(SCC(=O)N(C)C(C)c2cc3ccccc3o2)n[nH]c1=O. The van der Waals surface area contributed by atoms with E-state index in [2.05, 4.69) is 10.2 Å². The number of hydrogen-bond donors (Lipinski definition) is 1. The van der Waals surface area contributed by atoms with Crippen LogP contribution < -0.4 is 5.69 Å². The van der Waals surface area contributed by atoms with Crippen LogP contribution in [0.3, 0.4) is 0 Å². The first-order chi connectivity index (χ1) is 13.5. The van der Waals surface area contributed by atoms with Crippen molar-refractivity contribution in [3.63, 3.8) is 0 Å². The maximum atomic E-state index is 12.6. The molecule has 3 rings (SSSR count). The van der Waals surface area contributed by atoms with Crippen molar-refractivity contribution < 1.29 is 13.9 Å². The first kappa shape index (κ1) is 20.2. The van der Waals surface area contributed by atoms with Crippen molar-refractivity contribution in [2.45, 2.75) is 31.1 Å². The zero-order chi connectivity index (χ0) is 20.1. The summed E-state index contributed by atoms with van der Waals surface area (Å²) in [6.45, 7) is 2.97. The first-order valence-electron chi connectivity index (χ1n) is 9.02. The van der Waals surface area contributed by atoms with Crippen LogP contribution in [0, 0.1) is 0 Å². The van der Waals surface area contributed by atoms with Crippen LogP contribution in [0.4, 0.5) is 0 Å². The minimum Gasteiger partial charge on any atom is -0.459 e. The van der Waals surface area contributed by atoms with E-state index in [9.17, 15) is 9.59 Å². The van der Waals surface area contributed by atoms with Crippen LogP contribution in [0.25, 0.3) is 11.0 Å². The van der Waals surface area contributed by atoms with Crippen molar-refractivity contribution in [3.8, 4) is 0 Å². The summed E-state index contributed by atoms with van der Waals surface area (Å²) < 4.78 is 12.4. The van der Waals surface area contributed by atoms with Crippen molar-refractivity contribution in [1.82, 2.24) is 19.7 Å². The molecule has 3 aromatic rings. The van der Waals surface area contributed by atoms with Gasteiger partial charge in [-0.15, -0.1) is 5.10 Å². The molecular weight excluding hydrogens is 380 g/mol. The molecule has 1 aromatic carbocycles. The molecule has 0 saturated carbocycles. The van der Waals surface area contributed by atoms with E-state index in [1.165, 1.54) is 16.3 Å². The number of ether oxygens (including phenoxy) is 1. The van der Waals surface area contributed by atoms with Crippen LogP contribution in [0.1, 0.15) is 25.1 Å². The first-order valence-corrected chi connectivity index (χ1v) is 10.0. The number of aromatic nitrogens is 3. The number of thioether (sulfide) groups is 1. The van der Waals surface area contributed by atoms with E-state index in [1.54, 1.807) is 19.1 Å². The van der Waals surface area contributed by atoms with Crippen molar-refractivity contribution in [1.29, 1.82) is 0 Å². The third kappa shape index (κ3) is 4.48. The van der Waals surface area contributed by atoms with Crippen LogP contribution >= 0.6 is 11.8 Å². The summed E-state index contributed by atoms with van der Waals surface area (Å²) in [7, 11) is 3.36. The summed E-state index contributed by atoms with van der Waals surface area (Å²) in [5.74, 6) is 0.838. The quantitative estimate of drug-likeness (QED) is 0.435. The molecule has 0 spiro atoms. The highest BCUT2D eigenvalue weighted by Crippen LogP contribution is 2.27. The summed E-state index contributed by atoms with van der Waals surface area (Å²) in [5.41, 5.74) is 0.520. The number of amides is 1. The van der Waals surface area contributed by atoms with Crippen LogP contribution in [0.5, 0.6) is 0 Å². The molecule has 28 heavy (non-hydrogen) atoms. The molecule has 1 atom stereocenters. The Morgan fingerprint density at radius 2 is 2.21 bits per heavy atom. The molecule has 0 aliphatic heterocycles. The Bertz CT molecular complexity index is 960. The molecule has 0 radical (unpaired) electrons. The smallest absolute Gasteiger partial charge is 0.343 e. The van der Waals surface area contributed by atoms with Gasteiger partial charge in [-0.2, -0.15) is 0 Å². The summed E-state index contributed by atoms with van der Waals surface area (Å²) >= 11 is 1.24. The third-order valence-corrected chi connectivity index (χ3v) is 5.57. The van der Waals surface area contributed by atoms with E-state index in [-0.39, 0.29) is 23.4 Å². The minimum absolute atomic E-state index is 0.0724. The Morgan fingerprint density at radius 3 is 2.96 bits per heavy atom. The number of rotatable bonds is 9. The minimum atomic E-state index is -0.282. The van der Waals surface area contributed by atoms with Gasteiger partial charge in [-0.25, -0.2) is 9.89 Å². The van der Waals surface area contributed by atoms with Crippen LogP contribution in [0.2, 0.25) is 0 Å². The zero-order valence-electron chi connectivity index (χ0n) is 16.2. The molecule has 2 aromatic heterocycles. The molecule has 0 aliphatic rings. The molecule has 150 valence electrons. The van der Waals surface area contributed by atoms with Gasteiger partial charge in [0.05, 0.1) is 11.8 Å². The lowest BCUT2D eigenvalue weighted by Crippen LogP contribution is -2.31. The number of fused-ring (bicyclic) bond motifs is 1. The Morgan fingerprint density at radius 1 is 1.43 bits per heavy atom. The summed E-state index contributed by atoms with van der Waals surface area (Å²) in [6, 6.07) is 9.51. The number of carbonyl (C=O) groups excluding carboxylic acids is 1. The summed E-state index contributed by atoms with van der Waals surface area (Å²) in [4.78, 5) is 26.2. The predicted molar refractivity (Wildman–Crippen MR) is 107 cm³/mol. The maximum Gasteiger partial charge on any atom is 0.343 e. The van der Waals surface area contributed by atoms with E-state index in [4.69, 9.17) is 9.15 Å². The van der Waals surface area contributed by atoms with E-state index in [0.717, 1.165) is 16.7 Å². The predicted octanol–water partition coefficient (Wildman–Crippen LogP) is 2.67. The molecule has 1 amide bonds. The Labute approximate surface area is 166 Å². The Kier molecular flexibility index (Phi) is 6.58. The number of nitrogens with zero attached hydrogens (tertiary/aromatic N) is 3. The largest absolute Gasteiger partial charge is 0.459 e. The number of methoxy groups -OCH3 is 1. The number of carbonyl (C=O) groups is 1. The fourth-order valence-corrected chi connectivity index (χ4v) is 3.72. The molecule has 0 bridgehead atoms. The lowest BCUT2D eigenvalue weighted by Gasteiger charge is -2.23. The Balaban J connectivity index is 1.62. The summed E-state index contributed by atoms with van der Waals surface area (Å²) in [6.07, 6.45) is 0.695. The monoisotopic (exact) mass is 404 g/mol. The van der Waals surface area contributed by atoms with Gasteiger partial charge in [0.1, 0.15) is 11.3 Å². The molecule has 1 unspecified atom stereocenters. The van der Waals surface area contributed by atoms with Crippen molar-refractivity contribution in [2.75, 3.05) is 26.5 Å². The second-order valence-corrected chi connectivity index (χ2v) is 7.41. The molecule has 0 saturated heterocycles. The molecular formula is C19H24N4O4S. The normalized spacial score (nSPS) is 12.4. The van der Waals surface area contributed by atoms with Crippen molar-refractivity contribution >= 4 is 28.6 Å². The van der Waals surface area contributed by atoms with Gasteiger partial charge in [-0.3, -0.25) is 9.36 Å². The highest BCUT2D eigenvalue weighted by molar-refractivity contribution is 7.99. The second-order valence-electron chi connectivity index (χ2n) is 6.47. The number of para-hydroxylation sites is 1. The van der Waals surface area contributed by atoms with Crippen LogP contribution in [0.15, 0.2) is 44.7 Å². The number of furan rings is 1. The highest BCUT2D eigenvalue weighted by atomic mass is 32.2. The zero-order valence-corrected chi connectivity index (χ0v) is 17.0. The highest BCUT2D eigenvalue weighted by Gasteiger charge is 2.21. The number of nitrogens with one attached hydrogen (secondary N) is 1. The van der Waals surface area contributed by atoms with Crippen LogP contribution in [-0.4, -0.2) is 52.1 Å². The van der Waals surface area contributed by atoms with Gasteiger partial charge >= 0.3 is 5.69 Å². The van der Waals surface area contributed by atoms with Gasteiger partial charge in [0.2, 0.25) is 5.91 Å². The lowest BCUT2D eigenvalue weighted by molar-refractivity contribution is -0.129. The molecule has 2 heterocycles. The number of hydrogen-bond acceptors (Lipinski definition) is 6. The molecule has 0 fully saturated rings. The lowest BCUT2D eigenvalue weighted by atomic mass is 10.2. The average molecular weight is 404 g/mol. The molecule has 0 aliphatic carbocycles. The molecule has 8 nitrogen and oxygen atoms in total. The second kappa shape index (κ2) is 9.11. The number of benzene rings is 1. The maximum absolute atomic E-state index is 12.6. The standard InChI is InChI=1S/C19H24N4O4S/c1-13(16-11-14-7-4-5-8-15(14)27-16)22(2)17(24)12-28-19-21-20-18(25)23(19)9-6-10-26-3/h4-5,7-8,11,13H,6,9-10,12H2,1-3H3,(H,20,25). The number of H-pyrrole nitrogens is 1. The van der Waals surface area contributed by atoms with Gasteiger partial charge in [-0.05, 0) is 25.5 Å². The van der Waals surface area contributed by atoms with E-state index in [0.29, 0.717) is 24.7 Å². The van der Waals surface area contributed by atoms with Crippen molar-refractivity contribution in [3.05, 3.63) is 46.6 Å². The number of aromatic amines is 1. The fraction of sp³-hybridized carbons (Fsp3) is 0.421. The van der Waals surface area contributed by atoms with Gasteiger partial charge in [0.25, 0.3) is 0 Å². The van der Waals surface area contributed by atoms with Gasteiger partial charge < -0.3 is 14.1 Å². The third-order valence-electron chi connectivity index (χ3n) is 4.61.